The molecule has 1 aromatic rings. The molecule has 30 heavy (non-hydrogen) atoms. The van der Waals surface area contributed by atoms with Crippen LogP contribution in [0.15, 0.2) is 23.1 Å². The van der Waals surface area contributed by atoms with Crippen molar-refractivity contribution in [3.05, 3.63) is 28.8 Å². The molecule has 1 N–H and O–H groups in total. The molecule has 0 radical (unpaired) electrons. The zero-order valence-corrected chi connectivity index (χ0v) is 19.1. The van der Waals surface area contributed by atoms with Crippen molar-refractivity contribution in [3.63, 3.8) is 0 Å². The molecule has 6 rings (SSSR count). The van der Waals surface area contributed by atoms with Crippen LogP contribution in [0.4, 0.5) is 0 Å². The Morgan fingerprint density at radius 1 is 1.13 bits per heavy atom. The average Bonchev–Trinajstić information content (AvgIpc) is 2.68. The van der Waals surface area contributed by atoms with E-state index in [9.17, 15) is 13.2 Å². The topological polar surface area (TPSA) is 66.5 Å². The van der Waals surface area contributed by atoms with Crippen molar-refractivity contribution in [2.24, 2.45) is 23.7 Å². The summed E-state index contributed by atoms with van der Waals surface area (Å²) in [5.41, 5.74) is 0.714. The monoisotopic (exact) mass is 450 g/mol. The molecule has 4 bridgehead atoms. The number of sulfonamides is 1. The van der Waals surface area contributed by atoms with Crippen LogP contribution in [0.3, 0.4) is 0 Å². The lowest BCUT2D eigenvalue weighted by Gasteiger charge is -2.57. The highest BCUT2D eigenvalue weighted by atomic mass is 35.5. The number of carbonyl (C=O) groups excluding carboxylic acids is 1. The van der Waals surface area contributed by atoms with Crippen LogP contribution in [-0.2, 0) is 14.8 Å². The van der Waals surface area contributed by atoms with Gasteiger partial charge in [0.1, 0.15) is 0 Å². The van der Waals surface area contributed by atoms with Crippen molar-refractivity contribution in [2.75, 3.05) is 13.1 Å². The molecule has 1 heterocycles. The SMILES string of the molecule is Cc1cc(S(=O)(=O)N2CCC[C@H](C(=O)NC34CC5CC(CC(C5)C3)C4)C2)ccc1Cl. The van der Waals surface area contributed by atoms with Crippen molar-refractivity contribution < 1.29 is 13.2 Å². The predicted octanol–water partition coefficient (Wildman–Crippen LogP) is 4.13. The standard InChI is InChI=1S/C23H31ClN2O3S/c1-15-7-20(4-5-21(15)24)30(28,29)26-6-2-3-19(14-26)22(27)25-23-11-16-8-17(12-23)10-18(9-16)13-23/h4-5,7,16-19H,2-3,6,8-14H2,1H3,(H,25,27)/t16?,17?,18?,19-,23?/m0/s1. The quantitative estimate of drug-likeness (QED) is 0.749. The van der Waals surface area contributed by atoms with Gasteiger partial charge >= 0.3 is 0 Å². The largest absolute Gasteiger partial charge is 0.350 e. The van der Waals surface area contributed by atoms with Gasteiger partial charge in [-0.1, -0.05) is 11.6 Å². The highest BCUT2D eigenvalue weighted by Gasteiger charge is 2.52. The van der Waals surface area contributed by atoms with E-state index in [2.05, 4.69) is 5.32 Å². The van der Waals surface area contributed by atoms with Gasteiger partial charge in [-0.2, -0.15) is 4.31 Å². The average molecular weight is 451 g/mol. The number of piperidine rings is 1. The number of hydrogen-bond acceptors (Lipinski definition) is 3. The molecule has 5 fully saturated rings. The smallest absolute Gasteiger partial charge is 0.243 e. The number of carbonyl (C=O) groups is 1. The molecule has 0 spiro atoms. The minimum Gasteiger partial charge on any atom is -0.350 e. The maximum atomic E-state index is 13.2. The number of rotatable bonds is 4. The third-order valence-electron chi connectivity index (χ3n) is 7.95. The molecule has 1 aliphatic heterocycles. The van der Waals surface area contributed by atoms with Crippen LogP contribution in [-0.4, -0.2) is 37.3 Å². The van der Waals surface area contributed by atoms with E-state index in [-0.39, 0.29) is 28.8 Å². The van der Waals surface area contributed by atoms with Crippen molar-refractivity contribution in [1.29, 1.82) is 0 Å². The summed E-state index contributed by atoms with van der Waals surface area (Å²) in [6.07, 6.45) is 8.83. The van der Waals surface area contributed by atoms with Gasteiger partial charge in [0.15, 0.2) is 0 Å². The Bertz CT molecular complexity index is 926. The van der Waals surface area contributed by atoms with Crippen LogP contribution in [0.1, 0.15) is 56.9 Å². The second kappa shape index (κ2) is 7.49. The van der Waals surface area contributed by atoms with E-state index in [1.54, 1.807) is 25.1 Å². The number of halogens is 1. The third-order valence-corrected chi connectivity index (χ3v) is 10.2. The number of benzene rings is 1. The van der Waals surface area contributed by atoms with Gasteiger partial charge in [0.25, 0.3) is 0 Å². The van der Waals surface area contributed by atoms with Gasteiger partial charge in [0.2, 0.25) is 15.9 Å². The minimum absolute atomic E-state index is 0.0275. The second-order valence-corrected chi connectivity index (χ2v) is 12.6. The van der Waals surface area contributed by atoms with Crippen molar-refractivity contribution in [2.45, 2.75) is 68.7 Å². The van der Waals surface area contributed by atoms with Gasteiger partial charge in [-0.3, -0.25) is 4.79 Å². The Morgan fingerprint density at radius 3 is 2.37 bits per heavy atom. The molecule has 1 amide bonds. The normalized spacial score (nSPS) is 36.1. The van der Waals surface area contributed by atoms with Crippen LogP contribution in [0, 0.1) is 30.6 Å². The van der Waals surface area contributed by atoms with E-state index in [0.29, 0.717) is 18.0 Å². The molecule has 1 aromatic carbocycles. The van der Waals surface area contributed by atoms with Crippen molar-refractivity contribution >= 4 is 27.5 Å². The minimum atomic E-state index is -3.63. The van der Waals surface area contributed by atoms with Crippen LogP contribution < -0.4 is 5.32 Å². The number of nitrogens with one attached hydrogen (secondary N) is 1. The first kappa shape index (κ1) is 20.8. The molecular weight excluding hydrogens is 420 g/mol. The van der Waals surface area contributed by atoms with Crippen molar-refractivity contribution in [3.8, 4) is 0 Å². The Balaban J connectivity index is 1.29. The lowest BCUT2D eigenvalue weighted by Crippen LogP contribution is -2.61. The lowest BCUT2D eigenvalue weighted by atomic mass is 9.53. The molecule has 4 aliphatic carbocycles. The maximum absolute atomic E-state index is 13.2. The second-order valence-electron chi connectivity index (χ2n) is 10.3. The van der Waals surface area contributed by atoms with Gasteiger partial charge in [-0.15, -0.1) is 0 Å². The fourth-order valence-electron chi connectivity index (χ4n) is 6.93. The van der Waals surface area contributed by atoms with E-state index in [1.807, 2.05) is 0 Å². The fraction of sp³-hybridized carbons (Fsp3) is 0.696. The number of hydrogen-bond donors (Lipinski definition) is 1. The lowest BCUT2D eigenvalue weighted by molar-refractivity contribution is -0.131. The van der Waals surface area contributed by atoms with Gasteiger partial charge in [0, 0.05) is 23.7 Å². The fourth-order valence-corrected chi connectivity index (χ4v) is 8.66. The van der Waals surface area contributed by atoms with E-state index in [1.165, 1.54) is 23.6 Å². The Kier molecular flexibility index (Phi) is 5.19. The van der Waals surface area contributed by atoms with E-state index in [4.69, 9.17) is 11.6 Å². The summed E-state index contributed by atoms with van der Waals surface area (Å²) < 4.78 is 27.8. The summed E-state index contributed by atoms with van der Waals surface area (Å²) >= 11 is 6.07. The summed E-state index contributed by atoms with van der Waals surface area (Å²) in [5.74, 6) is 2.10. The molecular formula is C23H31ClN2O3S. The van der Waals surface area contributed by atoms with Crippen molar-refractivity contribution in [1.82, 2.24) is 9.62 Å². The molecule has 0 aromatic heterocycles. The van der Waals surface area contributed by atoms with Crippen LogP contribution >= 0.6 is 11.6 Å². The molecule has 0 unspecified atom stereocenters. The summed E-state index contributed by atoms with van der Waals surface area (Å²) in [4.78, 5) is 13.5. The summed E-state index contributed by atoms with van der Waals surface area (Å²) in [7, 11) is -3.63. The van der Waals surface area contributed by atoms with Gasteiger partial charge in [0.05, 0.1) is 10.8 Å². The number of amides is 1. The van der Waals surface area contributed by atoms with Gasteiger partial charge < -0.3 is 5.32 Å². The van der Waals surface area contributed by atoms with E-state index >= 15 is 0 Å². The molecule has 7 heteroatoms. The molecule has 4 saturated carbocycles. The first-order valence-corrected chi connectivity index (χ1v) is 13.1. The Labute approximate surface area is 184 Å². The van der Waals surface area contributed by atoms with Crippen LogP contribution in [0.5, 0.6) is 0 Å². The van der Waals surface area contributed by atoms with Crippen LogP contribution in [0.25, 0.3) is 0 Å². The first-order valence-electron chi connectivity index (χ1n) is 11.3. The highest BCUT2D eigenvalue weighted by molar-refractivity contribution is 7.89. The Hall–Kier alpha value is -1.11. The van der Waals surface area contributed by atoms with E-state index < -0.39 is 10.0 Å². The predicted molar refractivity (Wildman–Crippen MR) is 117 cm³/mol. The maximum Gasteiger partial charge on any atom is 0.243 e. The Morgan fingerprint density at radius 2 is 1.77 bits per heavy atom. The summed E-state index contributed by atoms with van der Waals surface area (Å²) in [5, 5.41) is 4.00. The number of nitrogens with zero attached hydrogens (tertiary/aromatic N) is 1. The zero-order chi connectivity index (χ0) is 21.1. The number of aryl methyl sites for hydroxylation is 1. The molecule has 5 aliphatic rings. The van der Waals surface area contributed by atoms with Gasteiger partial charge in [-0.25, -0.2) is 8.42 Å². The summed E-state index contributed by atoms with van der Waals surface area (Å²) in [6.45, 7) is 2.53. The third kappa shape index (κ3) is 3.69. The van der Waals surface area contributed by atoms with Crippen LogP contribution in [0.2, 0.25) is 5.02 Å². The molecule has 5 nitrogen and oxygen atoms in total. The summed E-state index contributed by atoms with van der Waals surface area (Å²) in [6, 6.07) is 4.81. The molecule has 1 saturated heterocycles. The molecule has 1 atom stereocenters. The van der Waals surface area contributed by atoms with E-state index in [0.717, 1.165) is 49.0 Å². The molecule has 164 valence electrons. The first-order chi connectivity index (χ1) is 14.2. The highest BCUT2D eigenvalue weighted by Crippen LogP contribution is 2.55. The van der Waals surface area contributed by atoms with Gasteiger partial charge in [-0.05, 0) is 99.8 Å². The zero-order valence-electron chi connectivity index (χ0n) is 17.6.